The van der Waals surface area contributed by atoms with Crippen LogP contribution in [0, 0.1) is 5.41 Å². The van der Waals surface area contributed by atoms with E-state index >= 15 is 0 Å². The van der Waals surface area contributed by atoms with Gasteiger partial charge in [0, 0.05) is 25.0 Å². The first-order valence-electron chi connectivity index (χ1n) is 6.13. The van der Waals surface area contributed by atoms with Crippen molar-refractivity contribution in [3.63, 3.8) is 0 Å². The van der Waals surface area contributed by atoms with Crippen LogP contribution in [0.5, 0.6) is 0 Å². The number of hydrogen-bond acceptors (Lipinski definition) is 2. The van der Waals surface area contributed by atoms with Crippen LogP contribution < -0.4 is 11.1 Å². The molecular weight excluding hydrogens is 343 g/mol. The van der Waals surface area contributed by atoms with E-state index in [1.54, 1.807) is 0 Å². The fraction of sp³-hybridized carbons (Fsp3) is 0.833. The SMILES string of the molecule is CN(C(N)=NCCNC(=O)C(C)(C)C)C1CC1.I. The summed E-state index contributed by atoms with van der Waals surface area (Å²) in [5.74, 6) is 0.610. The van der Waals surface area contributed by atoms with Gasteiger partial charge < -0.3 is 16.0 Å². The topological polar surface area (TPSA) is 70.7 Å². The fourth-order valence-corrected chi connectivity index (χ4v) is 1.37. The number of carbonyl (C=O) groups is 1. The predicted octanol–water partition coefficient (Wildman–Crippen LogP) is 1.18. The molecule has 1 aliphatic rings. The first-order valence-corrected chi connectivity index (χ1v) is 6.13. The van der Waals surface area contributed by atoms with Crippen molar-refractivity contribution in [3.8, 4) is 0 Å². The molecule has 0 saturated heterocycles. The highest BCUT2D eigenvalue weighted by molar-refractivity contribution is 14.0. The second-order valence-corrected chi connectivity index (χ2v) is 5.59. The number of nitrogens with zero attached hydrogens (tertiary/aromatic N) is 2. The van der Waals surface area contributed by atoms with E-state index in [1.165, 1.54) is 12.8 Å². The van der Waals surface area contributed by atoms with Crippen LogP contribution in [-0.4, -0.2) is 42.9 Å². The summed E-state index contributed by atoms with van der Waals surface area (Å²) in [5.41, 5.74) is 5.48. The molecule has 0 heterocycles. The monoisotopic (exact) mass is 368 g/mol. The van der Waals surface area contributed by atoms with Crippen molar-refractivity contribution in [2.75, 3.05) is 20.1 Å². The Hall–Kier alpha value is -0.530. The van der Waals surface area contributed by atoms with Crippen LogP contribution in [0.1, 0.15) is 33.6 Å². The molecular formula is C12H25IN4O. The molecule has 6 heteroatoms. The minimum absolute atomic E-state index is 0. The Morgan fingerprint density at radius 3 is 2.44 bits per heavy atom. The van der Waals surface area contributed by atoms with Crippen LogP contribution in [0.25, 0.3) is 0 Å². The summed E-state index contributed by atoms with van der Waals surface area (Å²) in [5, 5.41) is 2.84. The van der Waals surface area contributed by atoms with E-state index < -0.39 is 0 Å². The first kappa shape index (κ1) is 17.5. The van der Waals surface area contributed by atoms with Crippen LogP contribution in [0.3, 0.4) is 0 Å². The molecule has 106 valence electrons. The van der Waals surface area contributed by atoms with Crippen molar-refractivity contribution in [2.45, 2.75) is 39.7 Å². The smallest absolute Gasteiger partial charge is 0.225 e. The molecule has 0 aromatic carbocycles. The van der Waals surface area contributed by atoms with Crippen molar-refractivity contribution in [3.05, 3.63) is 0 Å². The van der Waals surface area contributed by atoms with Gasteiger partial charge in [0.2, 0.25) is 5.91 Å². The van der Waals surface area contributed by atoms with E-state index in [9.17, 15) is 4.79 Å². The quantitative estimate of drug-likeness (QED) is 0.339. The molecule has 0 aromatic rings. The van der Waals surface area contributed by atoms with Crippen LogP contribution >= 0.6 is 24.0 Å². The van der Waals surface area contributed by atoms with Gasteiger partial charge in [-0.25, -0.2) is 0 Å². The summed E-state index contributed by atoms with van der Waals surface area (Å²) in [6.45, 7) is 6.74. The number of rotatable bonds is 4. The number of hydrogen-bond donors (Lipinski definition) is 2. The zero-order valence-electron chi connectivity index (χ0n) is 11.7. The van der Waals surface area contributed by atoms with Crippen molar-refractivity contribution >= 4 is 35.8 Å². The minimum atomic E-state index is -0.347. The maximum atomic E-state index is 11.6. The lowest BCUT2D eigenvalue weighted by atomic mass is 9.96. The number of halogens is 1. The average molecular weight is 368 g/mol. The van der Waals surface area contributed by atoms with Gasteiger partial charge in [-0.15, -0.1) is 24.0 Å². The summed E-state index contributed by atoms with van der Waals surface area (Å²) in [6.07, 6.45) is 2.40. The van der Waals surface area contributed by atoms with Crippen LogP contribution in [0.4, 0.5) is 0 Å². The van der Waals surface area contributed by atoms with Gasteiger partial charge in [-0.05, 0) is 12.8 Å². The van der Waals surface area contributed by atoms with Crippen LogP contribution in [0.2, 0.25) is 0 Å². The molecule has 1 saturated carbocycles. The number of aliphatic imine (C=N–C) groups is 1. The van der Waals surface area contributed by atoms with E-state index in [0.29, 0.717) is 25.1 Å². The Morgan fingerprint density at radius 2 is 2.00 bits per heavy atom. The molecule has 0 aliphatic heterocycles. The number of guanidine groups is 1. The second-order valence-electron chi connectivity index (χ2n) is 5.59. The molecule has 3 N–H and O–H groups in total. The summed E-state index contributed by atoms with van der Waals surface area (Å²) in [7, 11) is 1.96. The van der Waals surface area contributed by atoms with Crippen molar-refractivity contribution in [1.29, 1.82) is 0 Å². The summed E-state index contributed by atoms with van der Waals surface area (Å²) in [4.78, 5) is 17.8. The highest BCUT2D eigenvalue weighted by atomic mass is 127. The maximum Gasteiger partial charge on any atom is 0.225 e. The molecule has 0 bridgehead atoms. The van der Waals surface area contributed by atoms with Crippen LogP contribution in [0.15, 0.2) is 4.99 Å². The van der Waals surface area contributed by atoms with Crippen LogP contribution in [-0.2, 0) is 4.79 Å². The zero-order chi connectivity index (χ0) is 13.1. The largest absolute Gasteiger partial charge is 0.370 e. The molecule has 0 unspecified atom stereocenters. The maximum absolute atomic E-state index is 11.6. The Balaban J connectivity index is 0.00000289. The molecule has 18 heavy (non-hydrogen) atoms. The van der Waals surface area contributed by atoms with Gasteiger partial charge in [-0.1, -0.05) is 20.8 Å². The lowest BCUT2D eigenvalue weighted by Gasteiger charge is -2.18. The van der Waals surface area contributed by atoms with E-state index in [2.05, 4.69) is 10.3 Å². The lowest BCUT2D eigenvalue weighted by molar-refractivity contribution is -0.128. The molecule has 1 rings (SSSR count). The molecule has 1 fully saturated rings. The molecule has 0 aromatic heterocycles. The van der Waals surface area contributed by atoms with E-state index in [4.69, 9.17) is 5.73 Å². The van der Waals surface area contributed by atoms with Gasteiger partial charge in [-0.2, -0.15) is 0 Å². The first-order chi connectivity index (χ1) is 7.82. The molecule has 5 nitrogen and oxygen atoms in total. The third kappa shape index (κ3) is 5.88. The summed E-state index contributed by atoms with van der Waals surface area (Å²) in [6, 6.07) is 0.572. The van der Waals surface area contributed by atoms with Gasteiger partial charge in [0.25, 0.3) is 0 Å². The highest BCUT2D eigenvalue weighted by Crippen LogP contribution is 2.24. The molecule has 1 amide bonds. The predicted molar refractivity (Wildman–Crippen MR) is 85.2 cm³/mol. The standard InChI is InChI=1S/C12H24N4O.HI/c1-12(2,3)10(17)14-7-8-15-11(13)16(4)9-5-6-9;/h9H,5-8H2,1-4H3,(H2,13,15)(H,14,17);1H. The van der Waals surface area contributed by atoms with Gasteiger partial charge in [0.1, 0.15) is 0 Å². The molecule has 1 aliphatic carbocycles. The molecule has 0 spiro atoms. The van der Waals surface area contributed by atoms with Crippen molar-refractivity contribution < 1.29 is 4.79 Å². The van der Waals surface area contributed by atoms with Gasteiger partial charge in [0.05, 0.1) is 6.54 Å². The summed E-state index contributed by atoms with van der Waals surface area (Å²) >= 11 is 0. The van der Waals surface area contributed by atoms with Gasteiger partial charge >= 0.3 is 0 Å². The summed E-state index contributed by atoms with van der Waals surface area (Å²) < 4.78 is 0. The number of amides is 1. The van der Waals surface area contributed by atoms with Crippen molar-refractivity contribution in [2.24, 2.45) is 16.1 Å². The highest BCUT2D eigenvalue weighted by Gasteiger charge is 2.27. The van der Waals surface area contributed by atoms with E-state index in [-0.39, 0.29) is 35.3 Å². The normalized spacial score (nSPS) is 15.9. The van der Waals surface area contributed by atoms with E-state index in [1.807, 2.05) is 32.7 Å². The number of nitrogens with one attached hydrogen (secondary N) is 1. The Labute approximate surface area is 127 Å². The van der Waals surface area contributed by atoms with Gasteiger partial charge in [-0.3, -0.25) is 9.79 Å². The number of carbonyl (C=O) groups excluding carboxylic acids is 1. The second kappa shape index (κ2) is 7.16. The molecule has 0 radical (unpaired) electrons. The lowest BCUT2D eigenvalue weighted by Crippen LogP contribution is -2.38. The Bertz CT molecular complexity index is 308. The van der Waals surface area contributed by atoms with Crippen molar-refractivity contribution in [1.82, 2.24) is 10.2 Å². The average Bonchev–Trinajstić information content (AvgIpc) is 3.04. The third-order valence-electron chi connectivity index (χ3n) is 2.81. The zero-order valence-corrected chi connectivity index (χ0v) is 14.0. The minimum Gasteiger partial charge on any atom is -0.370 e. The fourth-order valence-electron chi connectivity index (χ4n) is 1.37. The molecule has 0 atom stereocenters. The Kier molecular flexibility index (Phi) is 6.94. The number of nitrogens with two attached hydrogens (primary N) is 1. The Morgan fingerprint density at radius 1 is 1.44 bits per heavy atom. The van der Waals surface area contributed by atoms with Gasteiger partial charge in [0.15, 0.2) is 5.96 Å². The third-order valence-corrected chi connectivity index (χ3v) is 2.81. The van der Waals surface area contributed by atoms with E-state index in [0.717, 1.165) is 0 Å².